The third kappa shape index (κ3) is 5.46. The number of imide groups is 1. The van der Waals surface area contributed by atoms with Crippen molar-refractivity contribution in [3.63, 3.8) is 0 Å². The first kappa shape index (κ1) is 27.3. The van der Waals surface area contributed by atoms with Gasteiger partial charge in [0, 0.05) is 6.54 Å². The van der Waals surface area contributed by atoms with Crippen molar-refractivity contribution >= 4 is 29.4 Å². The number of halogens is 1. The molecule has 0 spiro atoms. The lowest BCUT2D eigenvalue weighted by atomic mass is 9.79. The second kappa shape index (κ2) is 11.4. The third-order valence-electron chi connectivity index (χ3n) is 8.45. The first-order chi connectivity index (χ1) is 17.7. The maximum Gasteiger partial charge on any atom is 0.312 e. The smallest absolute Gasteiger partial charge is 0.312 e. The van der Waals surface area contributed by atoms with Gasteiger partial charge in [-0.25, -0.2) is 0 Å². The van der Waals surface area contributed by atoms with E-state index in [2.05, 4.69) is 25.3 Å². The average molecular weight is 526 g/mol. The molecule has 37 heavy (non-hydrogen) atoms. The minimum atomic E-state index is -0.881. The van der Waals surface area contributed by atoms with Gasteiger partial charge in [0.25, 0.3) is 11.8 Å². The first-order valence-corrected chi connectivity index (χ1v) is 13.5. The highest BCUT2D eigenvalue weighted by Gasteiger charge is 2.49. The minimum Gasteiger partial charge on any atom is -0.462 e. The van der Waals surface area contributed by atoms with Crippen LogP contribution in [0.15, 0.2) is 61.7 Å². The summed E-state index contributed by atoms with van der Waals surface area (Å²) in [4.78, 5) is 40.1. The molecule has 2 amide bonds. The number of carbonyl (C=O) groups is 3. The summed E-state index contributed by atoms with van der Waals surface area (Å²) in [6, 6.07) is 6.97. The van der Waals surface area contributed by atoms with Gasteiger partial charge in [0.2, 0.25) is 0 Å². The van der Waals surface area contributed by atoms with Gasteiger partial charge in [0.15, 0.2) is 0 Å². The van der Waals surface area contributed by atoms with Crippen molar-refractivity contribution in [2.24, 2.45) is 35.0 Å². The van der Waals surface area contributed by atoms with E-state index >= 15 is 0 Å². The van der Waals surface area contributed by atoms with Crippen LogP contribution in [-0.4, -0.2) is 52.9 Å². The van der Waals surface area contributed by atoms with Crippen LogP contribution in [0.3, 0.4) is 0 Å². The van der Waals surface area contributed by atoms with E-state index < -0.39 is 11.5 Å². The van der Waals surface area contributed by atoms with Crippen molar-refractivity contribution in [3.8, 4) is 0 Å². The van der Waals surface area contributed by atoms with Gasteiger partial charge in [0.05, 0.1) is 22.4 Å². The Balaban J connectivity index is 1.43. The standard InChI is InChI=1S/C30H36ClNO5/c1-4-19-14-23(30(3,15-19)29(36)37-18-24(33)16-31)11-10-20-12-21(5-2)22(13-20)17-32-27(34)25-8-6-7-9-26(25)28(32)35/h4-11,19-24,33H,1-2,12-18H2,3H3/b11-10-. The van der Waals surface area contributed by atoms with Crippen molar-refractivity contribution in [2.45, 2.75) is 38.7 Å². The highest BCUT2D eigenvalue weighted by molar-refractivity contribution is 6.21. The number of nitrogens with zero attached hydrogens (tertiary/aromatic N) is 1. The summed E-state index contributed by atoms with van der Waals surface area (Å²) in [6.07, 6.45) is 10.4. The molecule has 0 radical (unpaired) electrons. The Kier molecular flexibility index (Phi) is 8.39. The summed E-state index contributed by atoms with van der Waals surface area (Å²) in [5, 5.41) is 9.71. The molecule has 0 saturated heterocycles. The van der Waals surface area contributed by atoms with Crippen molar-refractivity contribution in [1.82, 2.24) is 4.90 Å². The number of amides is 2. The molecular weight excluding hydrogens is 490 g/mol. The van der Waals surface area contributed by atoms with E-state index in [0.717, 1.165) is 19.3 Å². The summed E-state index contributed by atoms with van der Waals surface area (Å²) in [7, 11) is 0. The lowest BCUT2D eigenvalue weighted by Crippen LogP contribution is -2.35. The van der Waals surface area contributed by atoms with E-state index in [1.165, 1.54) is 4.90 Å². The molecule has 3 aliphatic rings. The molecule has 0 bridgehead atoms. The molecule has 2 saturated carbocycles. The van der Waals surface area contributed by atoms with Crippen LogP contribution in [0.25, 0.3) is 0 Å². The fraction of sp³-hybridized carbons (Fsp3) is 0.500. The summed E-state index contributed by atoms with van der Waals surface area (Å²) in [5.74, 6) is -0.000941. The molecule has 7 atom stereocenters. The number of aliphatic hydroxyl groups excluding tert-OH is 1. The van der Waals surface area contributed by atoms with Crippen LogP contribution in [-0.2, 0) is 9.53 Å². The predicted octanol–water partition coefficient (Wildman–Crippen LogP) is 5.03. The molecule has 1 aliphatic heterocycles. The minimum absolute atomic E-state index is 0.0106. The third-order valence-corrected chi connectivity index (χ3v) is 8.80. The summed E-state index contributed by atoms with van der Waals surface area (Å²) in [5.41, 5.74) is 0.233. The molecule has 7 heteroatoms. The second-order valence-corrected chi connectivity index (χ2v) is 11.2. The Morgan fingerprint density at radius 2 is 1.81 bits per heavy atom. The Morgan fingerprint density at radius 3 is 2.41 bits per heavy atom. The molecule has 2 aliphatic carbocycles. The molecule has 1 N–H and O–H groups in total. The van der Waals surface area contributed by atoms with E-state index in [-0.39, 0.29) is 59.9 Å². The van der Waals surface area contributed by atoms with Crippen LogP contribution in [0.1, 0.15) is 53.3 Å². The second-order valence-electron chi connectivity index (χ2n) is 10.9. The number of rotatable bonds is 10. The predicted molar refractivity (Wildman–Crippen MR) is 143 cm³/mol. The monoisotopic (exact) mass is 525 g/mol. The molecule has 6 nitrogen and oxygen atoms in total. The van der Waals surface area contributed by atoms with Crippen LogP contribution in [0.5, 0.6) is 0 Å². The zero-order valence-corrected chi connectivity index (χ0v) is 22.1. The number of carbonyl (C=O) groups excluding carboxylic acids is 3. The van der Waals surface area contributed by atoms with Gasteiger partial charge < -0.3 is 9.84 Å². The van der Waals surface area contributed by atoms with E-state index in [0.29, 0.717) is 24.1 Å². The largest absolute Gasteiger partial charge is 0.462 e. The fourth-order valence-corrected chi connectivity index (χ4v) is 6.33. The lowest BCUT2D eigenvalue weighted by Gasteiger charge is -2.28. The number of alkyl halides is 1. The number of hydrogen-bond donors (Lipinski definition) is 1. The molecule has 1 heterocycles. The maximum absolute atomic E-state index is 13.0. The van der Waals surface area contributed by atoms with Crippen molar-refractivity contribution in [2.75, 3.05) is 19.0 Å². The quantitative estimate of drug-likeness (QED) is 0.200. The summed E-state index contributed by atoms with van der Waals surface area (Å²) >= 11 is 5.64. The van der Waals surface area contributed by atoms with Crippen LogP contribution in [0.2, 0.25) is 0 Å². The van der Waals surface area contributed by atoms with E-state index in [4.69, 9.17) is 16.3 Å². The lowest BCUT2D eigenvalue weighted by molar-refractivity contribution is -0.159. The number of ether oxygens (including phenoxy) is 1. The molecule has 4 rings (SSSR count). The molecule has 7 unspecified atom stereocenters. The summed E-state index contributed by atoms with van der Waals surface area (Å²) < 4.78 is 5.42. The van der Waals surface area contributed by atoms with E-state index in [9.17, 15) is 19.5 Å². The summed E-state index contributed by atoms with van der Waals surface area (Å²) in [6.45, 7) is 10.1. The van der Waals surface area contributed by atoms with Gasteiger partial charge in [-0.1, -0.05) is 36.4 Å². The molecule has 2 fully saturated rings. The Morgan fingerprint density at radius 1 is 1.14 bits per heavy atom. The average Bonchev–Trinajstić information content (AvgIpc) is 3.54. The number of benzene rings is 1. The molecule has 198 valence electrons. The fourth-order valence-electron chi connectivity index (χ4n) is 6.24. The van der Waals surface area contributed by atoms with Crippen molar-refractivity contribution in [3.05, 3.63) is 72.9 Å². The molecule has 1 aromatic rings. The van der Waals surface area contributed by atoms with Crippen LogP contribution >= 0.6 is 11.6 Å². The zero-order chi connectivity index (χ0) is 26.7. The number of aliphatic hydroxyl groups is 1. The van der Waals surface area contributed by atoms with Gasteiger partial charge >= 0.3 is 5.97 Å². The van der Waals surface area contributed by atoms with Gasteiger partial charge in [-0.3, -0.25) is 19.3 Å². The van der Waals surface area contributed by atoms with Crippen molar-refractivity contribution < 1.29 is 24.2 Å². The van der Waals surface area contributed by atoms with E-state index in [1.54, 1.807) is 24.3 Å². The number of hydrogen-bond acceptors (Lipinski definition) is 5. The molecule has 1 aromatic carbocycles. The molecule has 0 aromatic heterocycles. The Bertz CT molecular complexity index is 1060. The van der Waals surface area contributed by atoms with Crippen molar-refractivity contribution in [1.29, 1.82) is 0 Å². The number of allylic oxidation sites excluding steroid dienone is 4. The SMILES string of the molecule is C=CC1CC(/C=C\C2CC(C=C)C(CN3C(=O)c4ccccc4C3=O)C2)C(C)(C(=O)OCC(O)CCl)C1. The Hall–Kier alpha value is -2.70. The van der Waals surface area contributed by atoms with Gasteiger partial charge in [-0.05, 0) is 74.3 Å². The Labute approximate surface area is 224 Å². The van der Waals surface area contributed by atoms with Crippen LogP contribution in [0, 0.1) is 35.0 Å². The zero-order valence-electron chi connectivity index (χ0n) is 21.4. The van der Waals surface area contributed by atoms with E-state index in [1.807, 2.05) is 19.1 Å². The van der Waals surface area contributed by atoms with Crippen LogP contribution < -0.4 is 0 Å². The first-order valence-electron chi connectivity index (χ1n) is 13.0. The van der Waals surface area contributed by atoms with Gasteiger partial charge in [-0.2, -0.15) is 0 Å². The topological polar surface area (TPSA) is 83.9 Å². The number of fused-ring (bicyclic) bond motifs is 1. The normalized spacial score (nSPS) is 32.1. The van der Waals surface area contributed by atoms with Gasteiger partial charge in [-0.15, -0.1) is 24.8 Å². The molecular formula is C30H36ClNO5. The highest BCUT2D eigenvalue weighted by atomic mass is 35.5. The van der Waals surface area contributed by atoms with Crippen LogP contribution in [0.4, 0.5) is 0 Å². The number of esters is 1. The maximum atomic E-state index is 13.0. The van der Waals surface area contributed by atoms with Gasteiger partial charge in [0.1, 0.15) is 12.7 Å². The highest BCUT2D eigenvalue weighted by Crippen LogP contribution is 2.49.